The van der Waals surface area contributed by atoms with Crippen LogP contribution in [-0.4, -0.2) is 33.2 Å². The predicted molar refractivity (Wildman–Crippen MR) is 120 cm³/mol. The zero-order valence-electron chi connectivity index (χ0n) is 18.3. The van der Waals surface area contributed by atoms with Gasteiger partial charge in [0.05, 0.1) is 17.8 Å². The molecule has 5 rings (SSSR count). The molecule has 0 spiro atoms. The normalized spacial score (nSPS) is 26.3. The largest absolute Gasteiger partial charge is 0.363 e. The molecule has 160 valence electrons. The van der Waals surface area contributed by atoms with Gasteiger partial charge in [-0.1, -0.05) is 49.6 Å². The number of nitrogens with zero attached hydrogens (tertiary/aromatic N) is 3. The lowest BCUT2D eigenvalue weighted by atomic mass is 9.83. The van der Waals surface area contributed by atoms with Gasteiger partial charge in [-0.25, -0.2) is 4.68 Å². The van der Waals surface area contributed by atoms with Gasteiger partial charge in [-0.05, 0) is 57.4 Å². The van der Waals surface area contributed by atoms with E-state index >= 15 is 0 Å². The number of nitrogens with one attached hydrogen (secondary N) is 1. The highest BCUT2D eigenvalue weighted by molar-refractivity contribution is 5.99. The topological polar surface area (TPSA) is 50.2 Å². The van der Waals surface area contributed by atoms with Gasteiger partial charge in [-0.2, -0.15) is 5.10 Å². The van der Waals surface area contributed by atoms with Gasteiger partial charge in [0.25, 0.3) is 5.91 Å². The van der Waals surface area contributed by atoms with Crippen molar-refractivity contribution < 1.29 is 4.79 Å². The molecule has 5 heteroatoms. The lowest BCUT2D eigenvalue weighted by Gasteiger charge is -2.39. The number of rotatable bonds is 3. The van der Waals surface area contributed by atoms with Crippen LogP contribution in [0.1, 0.15) is 87.2 Å². The summed E-state index contributed by atoms with van der Waals surface area (Å²) in [5.41, 5.74) is 1.86. The Morgan fingerprint density at radius 1 is 1.07 bits per heavy atom. The Kier molecular flexibility index (Phi) is 5.08. The molecule has 1 aromatic carbocycles. The van der Waals surface area contributed by atoms with Crippen LogP contribution >= 0.6 is 0 Å². The summed E-state index contributed by atoms with van der Waals surface area (Å²) < 4.78 is 2.03. The minimum atomic E-state index is -0.145. The molecule has 1 amide bonds. The van der Waals surface area contributed by atoms with Crippen LogP contribution in [-0.2, 0) is 5.54 Å². The van der Waals surface area contributed by atoms with Crippen LogP contribution in [0.2, 0.25) is 0 Å². The molecule has 2 fully saturated rings. The fraction of sp³-hybridized carbons (Fsp3) is 0.600. The zero-order chi connectivity index (χ0) is 20.7. The molecule has 1 N–H and O–H groups in total. The lowest BCUT2D eigenvalue weighted by molar-refractivity contribution is 0.0662. The van der Waals surface area contributed by atoms with E-state index in [2.05, 4.69) is 59.5 Å². The van der Waals surface area contributed by atoms with Gasteiger partial charge in [0.2, 0.25) is 0 Å². The van der Waals surface area contributed by atoms with Crippen LogP contribution in [0.25, 0.3) is 0 Å². The van der Waals surface area contributed by atoms with Crippen LogP contribution in [0.3, 0.4) is 0 Å². The zero-order valence-corrected chi connectivity index (χ0v) is 18.3. The maximum absolute atomic E-state index is 13.7. The third-order valence-corrected chi connectivity index (χ3v) is 7.54. The molecule has 2 unspecified atom stereocenters. The maximum Gasteiger partial charge on any atom is 0.259 e. The molecule has 0 bridgehead atoms. The molecule has 1 aliphatic carbocycles. The Bertz CT molecular complexity index is 897. The third kappa shape index (κ3) is 3.42. The van der Waals surface area contributed by atoms with Crippen molar-refractivity contribution in [2.75, 3.05) is 11.9 Å². The summed E-state index contributed by atoms with van der Waals surface area (Å²) in [6, 6.07) is 11.2. The molecule has 1 aromatic heterocycles. The summed E-state index contributed by atoms with van der Waals surface area (Å²) in [6.45, 7) is 5.32. The molecule has 3 aliphatic rings. The van der Waals surface area contributed by atoms with Crippen LogP contribution in [0.4, 0.5) is 5.82 Å². The Morgan fingerprint density at radius 2 is 1.83 bits per heavy atom. The Hall–Kier alpha value is -2.30. The number of hydrogen-bond acceptors (Lipinski definition) is 3. The van der Waals surface area contributed by atoms with E-state index in [1.807, 2.05) is 4.68 Å². The van der Waals surface area contributed by atoms with E-state index in [0.29, 0.717) is 12.0 Å². The van der Waals surface area contributed by atoms with E-state index < -0.39 is 0 Å². The van der Waals surface area contributed by atoms with Gasteiger partial charge in [-0.15, -0.1) is 0 Å². The van der Waals surface area contributed by atoms with Crippen molar-refractivity contribution in [3.05, 3.63) is 47.7 Å². The minimum Gasteiger partial charge on any atom is -0.363 e. The fourth-order valence-corrected chi connectivity index (χ4v) is 6.00. The Labute approximate surface area is 179 Å². The van der Waals surface area contributed by atoms with Crippen LogP contribution in [0.5, 0.6) is 0 Å². The number of amides is 1. The third-order valence-electron chi connectivity index (χ3n) is 7.54. The first kappa shape index (κ1) is 19.7. The van der Waals surface area contributed by atoms with Gasteiger partial charge in [0.15, 0.2) is 0 Å². The number of carbonyl (C=O) groups is 1. The van der Waals surface area contributed by atoms with Gasteiger partial charge in [-0.3, -0.25) is 4.79 Å². The number of aromatic nitrogens is 2. The summed E-state index contributed by atoms with van der Waals surface area (Å²) in [5.74, 6) is 1.74. The predicted octanol–water partition coefficient (Wildman–Crippen LogP) is 5.36. The van der Waals surface area contributed by atoms with Crippen molar-refractivity contribution in [3.63, 3.8) is 0 Å². The number of carbonyl (C=O) groups excluding carboxylic acids is 1. The smallest absolute Gasteiger partial charge is 0.259 e. The number of hydrogen-bond donors (Lipinski definition) is 1. The van der Waals surface area contributed by atoms with Gasteiger partial charge in [0.1, 0.15) is 11.4 Å². The average Bonchev–Trinajstić information content (AvgIpc) is 3.42. The van der Waals surface area contributed by atoms with Crippen molar-refractivity contribution >= 4 is 11.7 Å². The van der Waals surface area contributed by atoms with Crippen molar-refractivity contribution in [1.82, 2.24) is 14.7 Å². The average molecular weight is 407 g/mol. The Balaban J connectivity index is 1.44. The summed E-state index contributed by atoms with van der Waals surface area (Å²) >= 11 is 0. The molecule has 5 nitrogen and oxygen atoms in total. The molecule has 0 radical (unpaired) electrons. The summed E-state index contributed by atoms with van der Waals surface area (Å²) in [6.07, 6.45) is 11.6. The first-order valence-corrected chi connectivity index (χ1v) is 11.8. The summed E-state index contributed by atoms with van der Waals surface area (Å²) in [4.78, 5) is 15.9. The molecule has 1 saturated heterocycles. The molecule has 2 atom stereocenters. The molecular weight excluding hydrogens is 372 g/mol. The second kappa shape index (κ2) is 7.75. The van der Waals surface area contributed by atoms with E-state index in [0.717, 1.165) is 37.2 Å². The van der Waals surface area contributed by atoms with Gasteiger partial charge < -0.3 is 10.2 Å². The van der Waals surface area contributed by atoms with E-state index in [9.17, 15) is 4.79 Å². The van der Waals surface area contributed by atoms with E-state index in [1.54, 1.807) is 6.20 Å². The number of fused-ring (bicyclic) bond motifs is 1. The molecule has 1 saturated carbocycles. The van der Waals surface area contributed by atoms with Crippen LogP contribution in [0.15, 0.2) is 36.5 Å². The molecular formula is C25H34N4O. The molecule has 30 heavy (non-hydrogen) atoms. The maximum atomic E-state index is 13.7. The van der Waals surface area contributed by atoms with E-state index in [1.165, 1.54) is 37.7 Å². The molecule has 2 aliphatic heterocycles. The second-order valence-corrected chi connectivity index (χ2v) is 10.0. The Morgan fingerprint density at radius 3 is 2.60 bits per heavy atom. The fourth-order valence-electron chi connectivity index (χ4n) is 6.00. The minimum absolute atomic E-state index is 0.145. The van der Waals surface area contributed by atoms with Crippen molar-refractivity contribution in [1.29, 1.82) is 0 Å². The first-order valence-electron chi connectivity index (χ1n) is 11.8. The SMILES string of the molecule is CC1(C)CC(c2ccccc2)Nc2c(C(=O)N3CCCC3C3CCCCC3)cnn21. The first-order chi connectivity index (χ1) is 14.5. The van der Waals surface area contributed by atoms with E-state index in [4.69, 9.17) is 0 Å². The van der Waals surface area contributed by atoms with Crippen LogP contribution < -0.4 is 5.32 Å². The highest BCUT2D eigenvalue weighted by atomic mass is 16.2. The second-order valence-electron chi connectivity index (χ2n) is 10.0. The standard InChI is InChI=1S/C25H34N4O/c1-25(2)16-21(18-10-5-3-6-11-18)27-23-20(17-26-29(23)25)24(30)28-15-9-14-22(28)19-12-7-4-8-13-19/h3,5-6,10-11,17,19,21-22,27H,4,7-9,12-16H2,1-2H3. The van der Waals surface area contributed by atoms with Crippen molar-refractivity contribution in [2.45, 2.75) is 82.8 Å². The van der Waals surface area contributed by atoms with E-state index in [-0.39, 0.29) is 17.5 Å². The number of likely N-dealkylation sites (tertiary alicyclic amines) is 1. The van der Waals surface area contributed by atoms with Crippen molar-refractivity contribution in [3.8, 4) is 0 Å². The number of anilines is 1. The van der Waals surface area contributed by atoms with Crippen LogP contribution in [0, 0.1) is 5.92 Å². The summed E-state index contributed by atoms with van der Waals surface area (Å²) in [7, 11) is 0. The van der Waals surface area contributed by atoms with Crippen molar-refractivity contribution in [2.24, 2.45) is 5.92 Å². The summed E-state index contributed by atoms with van der Waals surface area (Å²) in [5, 5.41) is 8.34. The highest BCUT2D eigenvalue weighted by Crippen LogP contribution is 2.41. The quantitative estimate of drug-likeness (QED) is 0.746. The lowest BCUT2D eigenvalue weighted by Crippen LogP contribution is -2.42. The molecule has 3 heterocycles. The monoisotopic (exact) mass is 406 g/mol. The highest BCUT2D eigenvalue weighted by Gasteiger charge is 2.40. The van der Waals surface area contributed by atoms with Gasteiger partial charge in [0, 0.05) is 12.6 Å². The van der Waals surface area contributed by atoms with Gasteiger partial charge >= 0.3 is 0 Å². The molecule has 2 aromatic rings. The number of benzene rings is 1.